The van der Waals surface area contributed by atoms with E-state index in [1.165, 1.54) is 41.1 Å². The Balaban J connectivity index is 1.67. The normalized spacial score (nSPS) is 19.2. The lowest BCUT2D eigenvalue weighted by molar-refractivity contribution is -0.128. The highest BCUT2D eigenvalue weighted by Crippen LogP contribution is 2.37. The second-order valence-corrected chi connectivity index (χ2v) is 10.0. The number of para-hydroxylation sites is 1. The number of aryl methyl sites for hydroxylation is 1. The van der Waals surface area contributed by atoms with Crippen molar-refractivity contribution in [3.8, 4) is 11.4 Å². The topological polar surface area (TPSA) is 94.8 Å². The number of aromatic nitrogens is 3. The summed E-state index contributed by atoms with van der Waals surface area (Å²) in [6, 6.07) is 4.92. The van der Waals surface area contributed by atoms with Crippen LogP contribution in [0.3, 0.4) is 0 Å². The molecule has 1 aromatic carbocycles. The van der Waals surface area contributed by atoms with Crippen LogP contribution in [-0.2, 0) is 17.8 Å². The van der Waals surface area contributed by atoms with Crippen molar-refractivity contribution in [2.24, 2.45) is 0 Å². The second kappa shape index (κ2) is 10.1. The molecule has 2 atom stereocenters. The van der Waals surface area contributed by atoms with Gasteiger partial charge in [0.05, 0.1) is 17.9 Å². The summed E-state index contributed by atoms with van der Waals surface area (Å²) in [5, 5.41) is 10.5. The smallest absolute Gasteiger partial charge is 0.354 e. The number of carbonyl (C=O) groups is 1. The highest BCUT2D eigenvalue weighted by atomic mass is 19.1. The number of rotatable bonds is 4. The van der Waals surface area contributed by atoms with Crippen molar-refractivity contribution in [1.82, 2.24) is 19.4 Å². The first kappa shape index (κ1) is 26.3. The van der Waals surface area contributed by atoms with Crippen LogP contribution in [0.15, 0.2) is 47.9 Å². The molecule has 0 bridgehead atoms. The van der Waals surface area contributed by atoms with Crippen LogP contribution in [0.2, 0.25) is 0 Å². The van der Waals surface area contributed by atoms with Crippen LogP contribution < -0.4 is 15.5 Å². The number of piperazine rings is 1. The molecule has 0 saturated carbocycles. The molecule has 39 heavy (non-hydrogen) atoms. The Bertz CT molecular complexity index is 1480. The summed E-state index contributed by atoms with van der Waals surface area (Å²) in [5.74, 6) is -1.16. The first-order chi connectivity index (χ1) is 18.6. The van der Waals surface area contributed by atoms with Gasteiger partial charge in [-0.25, -0.2) is 13.6 Å². The predicted octanol–water partition coefficient (Wildman–Crippen LogP) is 3.09. The molecule has 0 radical (unpaired) electrons. The molecule has 1 amide bonds. The molecule has 9 nitrogen and oxygen atoms in total. The molecule has 2 aromatic heterocycles. The van der Waals surface area contributed by atoms with E-state index in [4.69, 9.17) is 0 Å². The van der Waals surface area contributed by atoms with Crippen molar-refractivity contribution in [1.29, 1.82) is 0 Å². The molecule has 5 rings (SSSR count). The Kier molecular flexibility index (Phi) is 6.83. The Morgan fingerprint density at radius 2 is 1.87 bits per heavy atom. The standard InChI is InChI=1S/C28H30F2N6O3/c1-5-24(38)34-13-17(3)35(14-16(34)2)27-19-10-12-33(26-20(29)7-6-8-23(26)37)15-22(19)36(28(39)32-27)25-18(4)31-11-9-21(25)30/h5-9,11,16-17,37H,1,10,12-15H2,2-4H3/t16-,17+/m1/s1. The predicted molar refractivity (Wildman–Crippen MR) is 143 cm³/mol. The Morgan fingerprint density at radius 1 is 1.13 bits per heavy atom. The van der Waals surface area contributed by atoms with Crippen LogP contribution in [0, 0.1) is 18.6 Å². The zero-order chi connectivity index (χ0) is 28.0. The number of nitrogens with zero attached hydrogens (tertiary/aromatic N) is 6. The Morgan fingerprint density at radius 3 is 2.56 bits per heavy atom. The van der Waals surface area contributed by atoms with Gasteiger partial charge in [-0.3, -0.25) is 14.3 Å². The van der Waals surface area contributed by atoms with Crippen molar-refractivity contribution >= 4 is 17.4 Å². The van der Waals surface area contributed by atoms with E-state index in [2.05, 4.69) is 16.5 Å². The monoisotopic (exact) mass is 536 g/mol. The largest absolute Gasteiger partial charge is 0.506 e. The number of anilines is 2. The van der Waals surface area contributed by atoms with E-state index in [-0.39, 0.29) is 41.7 Å². The molecule has 4 heterocycles. The fraction of sp³-hybridized carbons (Fsp3) is 0.357. The van der Waals surface area contributed by atoms with Crippen molar-refractivity contribution in [3.05, 3.63) is 82.2 Å². The number of hydrogen-bond acceptors (Lipinski definition) is 7. The fourth-order valence-electron chi connectivity index (χ4n) is 5.63. The maximum absolute atomic E-state index is 15.2. The van der Waals surface area contributed by atoms with Crippen molar-refractivity contribution in [3.63, 3.8) is 0 Å². The summed E-state index contributed by atoms with van der Waals surface area (Å²) in [5.41, 5.74) is 0.786. The van der Waals surface area contributed by atoms with E-state index in [0.29, 0.717) is 43.3 Å². The van der Waals surface area contributed by atoms with E-state index in [1.54, 1.807) is 16.7 Å². The average molecular weight is 537 g/mol. The Hall–Kier alpha value is -4.28. The molecule has 204 valence electrons. The molecule has 1 N–H and O–H groups in total. The lowest BCUT2D eigenvalue weighted by Gasteiger charge is -2.45. The molecule has 2 aliphatic rings. The van der Waals surface area contributed by atoms with E-state index >= 15 is 4.39 Å². The quantitative estimate of drug-likeness (QED) is 0.512. The summed E-state index contributed by atoms with van der Waals surface area (Å²) in [6.07, 6.45) is 2.97. The third kappa shape index (κ3) is 4.51. The van der Waals surface area contributed by atoms with Crippen molar-refractivity contribution in [2.75, 3.05) is 29.4 Å². The lowest BCUT2D eigenvalue weighted by atomic mass is 10.0. The minimum Gasteiger partial charge on any atom is -0.506 e. The van der Waals surface area contributed by atoms with Gasteiger partial charge in [0.1, 0.15) is 28.8 Å². The van der Waals surface area contributed by atoms with E-state index in [0.717, 1.165) is 5.56 Å². The van der Waals surface area contributed by atoms with Crippen molar-refractivity contribution < 1.29 is 18.7 Å². The molecule has 3 aromatic rings. The SMILES string of the molecule is C=CC(=O)N1C[C@H](C)N(c2nc(=O)n(-c3c(F)ccnc3C)c3c2CCN(c2c(O)cccc2F)C3)C[C@H]1C. The molecular weight excluding hydrogens is 506 g/mol. The minimum atomic E-state index is -0.692. The van der Waals surface area contributed by atoms with Gasteiger partial charge < -0.3 is 19.8 Å². The summed E-state index contributed by atoms with van der Waals surface area (Å²) >= 11 is 0. The third-order valence-corrected chi connectivity index (χ3v) is 7.53. The number of hydrogen-bond donors (Lipinski definition) is 1. The van der Waals surface area contributed by atoms with Crippen LogP contribution in [-0.4, -0.2) is 62.2 Å². The summed E-state index contributed by atoms with van der Waals surface area (Å²) in [6.45, 7) is 10.3. The van der Waals surface area contributed by atoms with Gasteiger partial charge in [-0.1, -0.05) is 12.6 Å². The molecule has 0 unspecified atom stereocenters. The van der Waals surface area contributed by atoms with Crippen molar-refractivity contribution in [2.45, 2.75) is 45.8 Å². The zero-order valence-electron chi connectivity index (χ0n) is 22.1. The van der Waals surface area contributed by atoms with Crippen LogP contribution in [0.4, 0.5) is 20.3 Å². The van der Waals surface area contributed by atoms with Gasteiger partial charge in [0, 0.05) is 43.5 Å². The molecule has 11 heteroatoms. The van der Waals surface area contributed by atoms with Crippen LogP contribution in [0.5, 0.6) is 5.75 Å². The first-order valence-electron chi connectivity index (χ1n) is 12.8. The van der Waals surface area contributed by atoms with E-state index in [9.17, 15) is 19.1 Å². The Labute approximate surface area is 224 Å². The number of fused-ring (bicyclic) bond motifs is 1. The van der Waals surface area contributed by atoms with E-state index in [1.807, 2.05) is 18.7 Å². The zero-order valence-corrected chi connectivity index (χ0v) is 22.1. The molecule has 1 saturated heterocycles. The van der Waals surface area contributed by atoms with Gasteiger partial charge in [-0.2, -0.15) is 4.98 Å². The van der Waals surface area contributed by atoms with Gasteiger partial charge in [-0.15, -0.1) is 0 Å². The van der Waals surface area contributed by atoms with Gasteiger partial charge >= 0.3 is 5.69 Å². The summed E-state index contributed by atoms with van der Waals surface area (Å²) in [7, 11) is 0. The number of pyridine rings is 1. The third-order valence-electron chi connectivity index (χ3n) is 7.53. The minimum absolute atomic E-state index is 0.0137. The number of carbonyl (C=O) groups excluding carboxylic acids is 1. The number of aromatic hydroxyl groups is 1. The lowest BCUT2D eigenvalue weighted by Crippen LogP contribution is -2.58. The van der Waals surface area contributed by atoms with Gasteiger partial charge in [-0.05, 0) is 51.5 Å². The summed E-state index contributed by atoms with van der Waals surface area (Å²) < 4.78 is 31.2. The molecule has 2 aliphatic heterocycles. The number of benzene rings is 1. The van der Waals surface area contributed by atoms with Crippen LogP contribution in [0.25, 0.3) is 5.69 Å². The number of amides is 1. The molecule has 0 aliphatic carbocycles. The van der Waals surface area contributed by atoms with Gasteiger partial charge in [0.2, 0.25) is 5.91 Å². The van der Waals surface area contributed by atoms with E-state index < -0.39 is 17.3 Å². The fourth-order valence-corrected chi connectivity index (χ4v) is 5.63. The van der Waals surface area contributed by atoms with Gasteiger partial charge in [0.15, 0.2) is 5.82 Å². The van der Waals surface area contributed by atoms with Crippen LogP contribution in [0.1, 0.15) is 30.8 Å². The van der Waals surface area contributed by atoms with Crippen LogP contribution >= 0.6 is 0 Å². The molecule has 1 fully saturated rings. The number of halogens is 2. The summed E-state index contributed by atoms with van der Waals surface area (Å²) in [4.78, 5) is 40.0. The maximum Gasteiger partial charge on any atom is 0.354 e. The first-order valence-corrected chi connectivity index (χ1v) is 12.8. The maximum atomic E-state index is 15.2. The molecule has 0 spiro atoms. The molecular formula is C28H30F2N6O3. The number of phenolic OH excluding ortho intramolecular Hbond substituents is 1. The highest BCUT2D eigenvalue weighted by molar-refractivity contribution is 5.87. The van der Waals surface area contributed by atoms with Gasteiger partial charge in [0.25, 0.3) is 0 Å². The second-order valence-electron chi connectivity index (χ2n) is 10.0. The average Bonchev–Trinajstić information content (AvgIpc) is 2.90. The highest BCUT2D eigenvalue weighted by Gasteiger charge is 2.36. The number of phenols is 1.